The van der Waals surface area contributed by atoms with Crippen LogP contribution in [0, 0.1) is 5.92 Å². The molecule has 0 aromatic heterocycles. The van der Waals surface area contributed by atoms with Gasteiger partial charge in [0.2, 0.25) is 0 Å². The monoisotopic (exact) mass is 280 g/mol. The lowest BCUT2D eigenvalue weighted by molar-refractivity contribution is 0.188. The lowest BCUT2D eigenvalue weighted by Crippen LogP contribution is -2.37. The predicted molar refractivity (Wildman–Crippen MR) is 82.7 cm³/mol. The van der Waals surface area contributed by atoms with Gasteiger partial charge < -0.3 is 10.2 Å². The van der Waals surface area contributed by atoms with Crippen LogP contribution in [0.2, 0.25) is 5.02 Å². The fourth-order valence-corrected chi connectivity index (χ4v) is 3.09. The second-order valence-corrected chi connectivity index (χ2v) is 5.94. The molecule has 0 bridgehead atoms. The SMILES string of the molecule is CCN1CCC(CNC(C)c2ccccc2Cl)CC1. The fourth-order valence-electron chi connectivity index (χ4n) is 2.79. The molecule has 1 atom stereocenters. The molecule has 1 aromatic rings. The average molecular weight is 281 g/mol. The van der Waals surface area contributed by atoms with Gasteiger partial charge >= 0.3 is 0 Å². The van der Waals surface area contributed by atoms with Crippen LogP contribution in [0.3, 0.4) is 0 Å². The molecule has 1 aliphatic heterocycles. The molecule has 1 N–H and O–H groups in total. The quantitative estimate of drug-likeness (QED) is 0.884. The molecule has 1 aliphatic rings. The highest BCUT2D eigenvalue weighted by atomic mass is 35.5. The van der Waals surface area contributed by atoms with E-state index < -0.39 is 0 Å². The lowest BCUT2D eigenvalue weighted by Gasteiger charge is -2.31. The number of hydrogen-bond acceptors (Lipinski definition) is 2. The smallest absolute Gasteiger partial charge is 0.0453 e. The Kier molecular flexibility index (Phi) is 5.68. The maximum atomic E-state index is 6.23. The molecule has 0 spiro atoms. The van der Waals surface area contributed by atoms with E-state index in [1.54, 1.807) is 0 Å². The van der Waals surface area contributed by atoms with Gasteiger partial charge in [-0.3, -0.25) is 0 Å². The van der Waals surface area contributed by atoms with Crippen molar-refractivity contribution in [2.24, 2.45) is 5.92 Å². The zero-order chi connectivity index (χ0) is 13.7. The highest BCUT2D eigenvalue weighted by Crippen LogP contribution is 2.23. The van der Waals surface area contributed by atoms with Crippen molar-refractivity contribution < 1.29 is 0 Å². The van der Waals surface area contributed by atoms with Crippen LogP contribution >= 0.6 is 11.6 Å². The second-order valence-electron chi connectivity index (χ2n) is 5.53. The van der Waals surface area contributed by atoms with Crippen molar-refractivity contribution in [2.45, 2.75) is 32.7 Å². The summed E-state index contributed by atoms with van der Waals surface area (Å²) in [7, 11) is 0. The Hall–Kier alpha value is -0.570. The van der Waals surface area contributed by atoms with E-state index in [0.29, 0.717) is 6.04 Å². The Morgan fingerprint density at radius 3 is 2.63 bits per heavy atom. The van der Waals surface area contributed by atoms with E-state index in [0.717, 1.165) is 17.5 Å². The molecule has 0 amide bonds. The minimum Gasteiger partial charge on any atom is -0.310 e. The summed E-state index contributed by atoms with van der Waals surface area (Å²) in [5, 5.41) is 4.50. The van der Waals surface area contributed by atoms with Crippen LogP contribution < -0.4 is 5.32 Å². The summed E-state index contributed by atoms with van der Waals surface area (Å²) in [4.78, 5) is 2.54. The molecule has 1 aromatic carbocycles. The predicted octanol–water partition coefficient (Wildman–Crippen LogP) is 3.72. The Bertz CT molecular complexity index is 386. The number of likely N-dealkylation sites (tertiary alicyclic amines) is 1. The second kappa shape index (κ2) is 7.28. The Balaban J connectivity index is 1.78. The molecule has 2 nitrogen and oxygen atoms in total. The first kappa shape index (κ1) is 14.8. The molecular formula is C16H25ClN2. The van der Waals surface area contributed by atoms with Gasteiger partial charge in [0.25, 0.3) is 0 Å². The molecule has 0 radical (unpaired) electrons. The van der Waals surface area contributed by atoms with Gasteiger partial charge in [-0.1, -0.05) is 36.7 Å². The van der Waals surface area contributed by atoms with Crippen molar-refractivity contribution in [2.75, 3.05) is 26.2 Å². The first-order valence-corrected chi connectivity index (χ1v) is 7.78. The molecule has 0 aliphatic carbocycles. The van der Waals surface area contributed by atoms with Crippen LogP contribution in [0.15, 0.2) is 24.3 Å². The molecule has 19 heavy (non-hydrogen) atoms. The molecule has 1 fully saturated rings. The topological polar surface area (TPSA) is 15.3 Å². The Morgan fingerprint density at radius 2 is 2.00 bits per heavy atom. The van der Waals surface area contributed by atoms with Crippen molar-refractivity contribution in [3.63, 3.8) is 0 Å². The molecule has 3 heteroatoms. The van der Waals surface area contributed by atoms with Crippen molar-refractivity contribution in [1.29, 1.82) is 0 Å². The first-order chi connectivity index (χ1) is 9.20. The van der Waals surface area contributed by atoms with Gasteiger partial charge in [-0.15, -0.1) is 0 Å². The highest BCUT2D eigenvalue weighted by molar-refractivity contribution is 6.31. The third kappa shape index (κ3) is 4.20. The number of piperidine rings is 1. The van der Waals surface area contributed by atoms with Gasteiger partial charge in [-0.2, -0.15) is 0 Å². The third-order valence-corrected chi connectivity index (χ3v) is 4.58. The number of rotatable bonds is 5. The van der Waals surface area contributed by atoms with Crippen molar-refractivity contribution in [1.82, 2.24) is 10.2 Å². The largest absolute Gasteiger partial charge is 0.310 e. The van der Waals surface area contributed by atoms with E-state index in [1.165, 1.54) is 38.0 Å². The van der Waals surface area contributed by atoms with Crippen LogP contribution in [-0.4, -0.2) is 31.1 Å². The molecular weight excluding hydrogens is 256 g/mol. The number of halogens is 1. The summed E-state index contributed by atoms with van der Waals surface area (Å²) in [5.74, 6) is 0.813. The first-order valence-electron chi connectivity index (χ1n) is 7.41. The van der Waals surface area contributed by atoms with Gasteiger partial charge in [0.1, 0.15) is 0 Å². The van der Waals surface area contributed by atoms with Crippen molar-refractivity contribution in [3.05, 3.63) is 34.9 Å². The maximum absolute atomic E-state index is 6.23. The van der Waals surface area contributed by atoms with Gasteiger partial charge in [-0.05, 0) is 63.5 Å². The minimum absolute atomic E-state index is 0.331. The zero-order valence-electron chi connectivity index (χ0n) is 12.0. The molecule has 0 saturated carbocycles. The number of nitrogens with zero attached hydrogens (tertiary/aromatic N) is 1. The highest BCUT2D eigenvalue weighted by Gasteiger charge is 2.18. The van der Waals surface area contributed by atoms with Crippen LogP contribution in [-0.2, 0) is 0 Å². The van der Waals surface area contributed by atoms with Crippen LogP contribution in [0.4, 0.5) is 0 Å². The Morgan fingerprint density at radius 1 is 1.32 bits per heavy atom. The van der Waals surface area contributed by atoms with Gasteiger partial charge in [0.15, 0.2) is 0 Å². The third-order valence-electron chi connectivity index (χ3n) is 4.24. The van der Waals surface area contributed by atoms with Crippen LogP contribution in [0.5, 0.6) is 0 Å². The lowest BCUT2D eigenvalue weighted by atomic mass is 9.96. The molecule has 1 unspecified atom stereocenters. The summed E-state index contributed by atoms with van der Waals surface area (Å²) in [5.41, 5.74) is 1.20. The fraction of sp³-hybridized carbons (Fsp3) is 0.625. The zero-order valence-corrected chi connectivity index (χ0v) is 12.8. The number of benzene rings is 1. The summed E-state index contributed by atoms with van der Waals surface area (Å²) < 4.78 is 0. The molecule has 1 heterocycles. The van der Waals surface area contributed by atoms with Crippen molar-refractivity contribution in [3.8, 4) is 0 Å². The van der Waals surface area contributed by atoms with Gasteiger partial charge in [0.05, 0.1) is 0 Å². The summed E-state index contributed by atoms with van der Waals surface area (Å²) in [6.07, 6.45) is 2.63. The van der Waals surface area contributed by atoms with Crippen LogP contribution in [0.25, 0.3) is 0 Å². The summed E-state index contributed by atoms with van der Waals surface area (Å²) >= 11 is 6.23. The standard InChI is InChI=1S/C16H25ClN2/c1-3-19-10-8-14(9-11-19)12-18-13(2)15-6-4-5-7-16(15)17/h4-7,13-14,18H,3,8-12H2,1-2H3. The van der Waals surface area contributed by atoms with E-state index in [9.17, 15) is 0 Å². The van der Waals surface area contributed by atoms with E-state index in [-0.39, 0.29) is 0 Å². The number of hydrogen-bond donors (Lipinski definition) is 1. The van der Waals surface area contributed by atoms with Crippen molar-refractivity contribution >= 4 is 11.6 Å². The van der Waals surface area contributed by atoms with E-state index >= 15 is 0 Å². The van der Waals surface area contributed by atoms with E-state index in [2.05, 4.69) is 36.2 Å². The Labute approximate surface area is 122 Å². The van der Waals surface area contributed by atoms with E-state index in [1.807, 2.05) is 12.1 Å². The minimum atomic E-state index is 0.331. The molecule has 1 saturated heterocycles. The summed E-state index contributed by atoms with van der Waals surface area (Å²) in [6.45, 7) is 9.24. The average Bonchev–Trinajstić information content (AvgIpc) is 2.46. The van der Waals surface area contributed by atoms with Gasteiger partial charge in [-0.25, -0.2) is 0 Å². The van der Waals surface area contributed by atoms with Crippen LogP contribution in [0.1, 0.15) is 38.3 Å². The normalized spacial score (nSPS) is 19.5. The molecule has 106 valence electrons. The maximum Gasteiger partial charge on any atom is 0.0453 e. The molecule has 2 rings (SSSR count). The van der Waals surface area contributed by atoms with E-state index in [4.69, 9.17) is 11.6 Å². The summed E-state index contributed by atoms with van der Waals surface area (Å²) in [6, 6.07) is 8.45. The van der Waals surface area contributed by atoms with Gasteiger partial charge in [0, 0.05) is 11.1 Å². The number of nitrogens with one attached hydrogen (secondary N) is 1.